The molecule has 1 heterocycles. The Hall–Kier alpha value is 1.44. The predicted octanol–water partition coefficient (Wildman–Crippen LogP) is 4.48. The van der Waals surface area contributed by atoms with Crippen LogP contribution in [0.1, 0.15) is 6.42 Å². The Balaban J connectivity index is 1.80. The third-order valence-electron chi connectivity index (χ3n) is 5.92. The summed E-state index contributed by atoms with van der Waals surface area (Å²) >= 11 is 39.5. The Kier molecular flexibility index (Phi) is 2.18. The highest BCUT2D eigenvalue weighted by molar-refractivity contribution is 6.65. The van der Waals surface area contributed by atoms with E-state index >= 15 is 0 Å². The zero-order valence-electron chi connectivity index (χ0n) is 9.35. The zero-order valence-corrected chi connectivity index (χ0v) is 13.9. The molecule has 7 heteroatoms. The molecule has 4 fully saturated rings. The monoisotopic (exact) mass is 378 g/mol. The standard InChI is InChI=1S/C12H8Cl6O/c13-8-9(14)11(16)5-3-1-2(6-7(3)19-6)4(5)10(8,15)12(11,17)18/h2-7H,1H2/t2-,3-,4-,5+,6+,7-,10+,11+/m0/s1. The number of hydrogen-bond acceptors (Lipinski definition) is 1. The van der Waals surface area contributed by atoms with Crippen molar-refractivity contribution < 1.29 is 4.74 Å². The lowest BCUT2D eigenvalue weighted by atomic mass is 9.73. The molecule has 0 aromatic carbocycles. The van der Waals surface area contributed by atoms with Crippen molar-refractivity contribution in [3.05, 3.63) is 10.1 Å². The number of fused-ring (bicyclic) bond motifs is 12. The Morgan fingerprint density at radius 2 is 1.26 bits per heavy atom. The fraction of sp³-hybridized carbons (Fsp3) is 0.833. The first-order valence-electron chi connectivity index (χ1n) is 6.25. The smallest absolute Gasteiger partial charge is 0.166 e. The average Bonchev–Trinajstić information content (AvgIpc) is 2.91. The van der Waals surface area contributed by atoms with E-state index in [-0.39, 0.29) is 24.0 Å². The summed E-state index contributed by atoms with van der Waals surface area (Å²) < 4.78 is 4.35. The first kappa shape index (κ1) is 12.9. The average molecular weight is 381 g/mol. The number of epoxide rings is 1. The van der Waals surface area contributed by atoms with Crippen molar-refractivity contribution in [1.29, 1.82) is 0 Å². The van der Waals surface area contributed by atoms with Crippen molar-refractivity contribution >= 4 is 69.6 Å². The maximum absolute atomic E-state index is 6.82. The molecule has 4 bridgehead atoms. The van der Waals surface area contributed by atoms with Gasteiger partial charge in [-0.25, -0.2) is 0 Å². The van der Waals surface area contributed by atoms with Gasteiger partial charge >= 0.3 is 0 Å². The number of ether oxygens (including phenoxy) is 1. The van der Waals surface area contributed by atoms with Gasteiger partial charge in [-0.1, -0.05) is 46.4 Å². The van der Waals surface area contributed by atoms with Gasteiger partial charge in [0.05, 0.1) is 22.3 Å². The largest absolute Gasteiger partial charge is 0.369 e. The Morgan fingerprint density at radius 3 is 1.68 bits per heavy atom. The number of halogens is 6. The minimum atomic E-state index is -1.37. The molecule has 0 N–H and O–H groups in total. The number of hydrogen-bond donors (Lipinski definition) is 0. The van der Waals surface area contributed by atoms with E-state index in [0.29, 0.717) is 21.9 Å². The zero-order chi connectivity index (χ0) is 13.5. The van der Waals surface area contributed by atoms with Gasteiger partial charge in [0.15, 0.2) is 4.33 Å². The van der Waals surface area contributed by atoms with Gasteiger partial charge in [0, 0.05) is 0 Å². The van der Waals surface area contributed by atoms with Crippen LogP contribution in [-0.2, 0) is 4.74 Å². The van der Waals surface area contributed by atoms with Crippen LogP contribution in [0.5, 0.6) is 0 Å². The Morgan fingerprint density at radius 1 is 0.842 bits per heavy atom. The number of allylic oxidation sites excluding steroid dienone is 2. The van der Waals surface area contributed by atoms with E-state index in [1.165, 1.54) is 0 Å². The minimum absolute atomic E-state index is 0.0467. The van der Waals surface area contributed by atoms with E-state index in [4.69, 9.17) is 74.3 Å². The maximum Gasteiger partial charge on any atom is 0.166 e. The van der Waals surface area contributed by atoms with Gasteiger partial charge in [-0.15, -0.1) is 23.2 Å². The van der Waals surface area contributed by atoms with Gasteiger partial charge < -0.3 is 4.74 Å². The topological polar surface area (TPSA) is 12.5 Å². The lowest BCUT2D eigenvalue weighted by Crippen LogP contribution is -2.46. The molecule has 5 aliphatic rings. The molecular weight excluding hydrogens is 373 g/mol. The highest BCUT2D eigenvalue weighted by Crippen LogP contribution is 2.84. The molecular formula is C12H8Cl6O. The molecule has 5 rings (SSSR count). The van der Waals surface area contributed by atoms with Gasteiger partial charge in [0.25, 0.3) is 0 Å². The first-order valence-corrected chi connectivity index (χ1v) is 8.52. The van der Waals surface area contributed by atoms with Crippen LogP contribution in [0, 0.1) is 23.7 Å². The van der Waals surface area contributed by atoms with Crippen LogP contribution >= 0.6 is 69.6 Å². The lowest BCUT2D eigenvalue weighted by Gasteiger charge is -2.38. The molecule has 0 aromatic rings. The molecule has 1 saturated heterocycles. The summed E-state index contributed by atoms with van der Waals surface area (Å²) in [5, 5.41) is 0.642. The summed E-state index contributed by atoms with van der Waals surface area (Å²) in [6.45, 7) is 0. The SMILES string of the molecule is ClC1=C(Cl)[C@]2(Cl)[C@H]3[C@@H]4C[C@H]([C@@H]5O[C@H]45)[C@H]3[C@]1(Cl)C2(Cl)Cl. The van der Waals surface area contributed by atoms with Crippen LogP contribution in [0.2, 0.25) is 0 Å². The van der Waals surface area contributed by atoms with Crippen LogP contribution in [-0.4, -0.2) is 26.3 Å². The molecule has 0 spiro atoms. The molecule has 1 aliphatic heterocycles. The Bertz CT molecular complexity index is 516. The maximum atomic E-state index is 6.82. The van der Waals surface area contributed by atoms with Crippen molar-refractivity contribution in [3.8, 4) is 0 Å². The molecule has 0 radical (unpaired) electrons. The minimum Gasteiger partial charge on any atom is -0.369 e. The van der Waals surface area contributed by atoms with E-state index in [9.17, 15) is 0 Å². The van der Waals surface area contributed by atoms with Gasteiger partial charge in [0.1, 0.15) is 9.75 Å². The summed E-state index contributed by atoms with van der Waals surface area (Å²) in [5.41, 5.74) is 0. The van der Waals surface area contributed by atoms with E-state index in [0.717, 1.165) is 6.42 Å². The molecule has 104 valence electrons. The van der Waals surface area contributed by atoms with Crippen LogP contribution in [0.4, 0.5) is 0 Å². The van der Waals surface area contributed by atoms with E-state index < -0.39 is 14.1 Å². The highest BCUT2D eigenvalue weighted by Gasteiger charge is 2.89. The van der Waals surface area contributed by atoms with Crippen molar-refractivity contribution in [3.63, 3.8) is 0 Å². The van der Waals surface area contributed by atoms with Crippen LogP contribution in [0.15, 0.2) is 10.1 Å². The molecule has 19 heavy (non-hydrogen) atoms. The normalized spacial score (nSPS) is 66.6. The first-order chi connectivity index (χ1) is 8.78. The van der Waals surface area contributed by atoms with Crippen molar-refractivity contribution in [2.24, 2.45) is 23.7 Å². The van der Waals surface area contributed by atoms with Crippen molar-refractivity contribution in [1.82, 2.24) is 0 Å². The van der Waals surface area contributed by atoms with Gasteiger partial charge in [-0.3, -0.25) is 0 Å². The van der Waals surface area contributed by atoms with Crippen molar-refractivity contribution in [2.45, 2.75) is 32.7 Å². The van der Waals surface area contributed by atoms with Gasteiger partial charge in [-0.05, 0) is 30.1 Å². The molecule has 0 amide bonds. The van der Waals surface area contributed by atoms with E-state index in [1.54, 1.807) is 0 Å². The lowest BCUT2D eigenvalue weighted by molar-refractivity contribution is 0.237. The van der Waals surface area contributed by atoms with Gasteiger partial charge in [0.2, 0.25) is 0 Å². The van der Waals surface area contributed by atoms with Gasteiger partial charge in [-0.2, -0.15) is 0 Å². The summed E-state index contributed by atoms with van der Waals surface area (Å²) in [6, 6.07) is 0. The van der Waals surface area contributed by atoms with Crippen molar-refractivity contribution in [2.75, 3.05) is 0 Å². The van der Waals surface area contributed by atoms with Crippen LogP contribution < -0.4 is 0 Å². The third kappa shape index (κ3) is 0.986. The molecule has 0 aromatic heterocycles. The second kappa shape index (κ2) is 3.20. The molecule has 0 unspecified atom stereocenters. The fourth-order valence-corrected chi connectivity index (χ4v) is 8.43. The fourth-order valence-electron chi connectivity index (χ4n) is 5.30. The third-order valence-corrected chi connectivity index (χ3v) is 10.2. The molecule has 4 aliphatic carbocycles. The Labute approximate surface area is 140 Å². The number of rotatable bonds is 0. The van der Waals surface area contributed by atoms with E-state index in [2.05, 4.69) is 0 Å². The van der Waals surface area contributed by atoms with Crippen LogP contribution in [0.3, 0.4) is 0 Å². The second-order valence-electron chi connectivity index (χ2n) is 6.31. The number of alkyl halides is 4. The summed E-state index contributed by atoms with van der Waals surface area (Å²) in [7, 11) is 0. The summed E-state index contributed by atoms with van der Waals surface area (Å²) in [6.07, 6.45) is 1.63. The predicted molar refractivity (Wildman–Crippen MR) is 77.6 cm³/mol. The highest BCUT2D eigenvalue weighted by atomic mass is 35.5. The van der Waals surface area contributed by atoms with Crippen LogP contribution in [0.25, 0.3) is 0 Å². The summed E-state index contributed by atoms with van der Waals surface area (Å²) in [5.74, 6) is 0.776. The molecule has 1 nitrogen and oxygen atoms in total. The second-order valence-corrected chi connectivity index (χ2v) is 9.58. The molecule has 3 saturated carbocycles. The van der Waals surface area contributed by atoms with E-state index in [1.807, 2.05) is 0 Å². The summed E-state index contributed by atoms with van der Waals surface area (Å²) in [4.78, 5) is -2.17. The molecule has 8 atom stereocenters. The quantitative estimate of drug-likeness (QED) is 0.343.